The smallest absolute Gasteiger partial charge is 0.291 e. The fraction of sp³-hybridized carbons (Fsp3) is 0.375. The lowest BCUT2D eigenvalue weighted by Gasteiger charge is -2.32. The highest BCUT2D eigenvalue weighted by molar-refractivity contribution is 6.41. The number of rotatable bonds is 4. The van der Waals surface area contributed by atoms with Crippen molar-refractivity contribution in [3.8, 4) is 5.69 Å². The highest BCUT2D eigenvalue weighted by atomic mass is 35.5. The number of halogens is 3. The van der Waals surface area contributed by atoms with Gasteiger partial charge in [-0.15, -0.1) is 0 Å². The van der Waals surface area contributed by atoms with Gasteiger partial charge < -0.3 is 15.2 Å². The number of nitrogens with zero attached hydrogens (tertiary/aromatic N) is 2. The van der Waals surface area contributed by atoms with Gasteiger partial charge in [-0.25, -0.2) is 0 Å². The first-order chi connectivity index (χ1) is 11.9. The molecule has 0 atom stereocenters. The van der Waals surface area contributed by atoms with Crippen molar-refractivity contribution >= 4 is 40.5 Å². The molecule has 0 unspecified atom stereocenters. The third kappa shape index (κ3) is 4.10. The van der Waals surface area contributed by atoms with Gasteiger partial charge in [0.15, 0.2) is 0 Å². The summed E-state index contributed by atoms with van der Waals surface area (Å²) in [4.78, 5) is 12.1. The standard InChI is InChI=1S/C16H16Cl3N3O3/c17-11-7-10(22-15(23)14(19)12(18)8-21-22)1-2-13(11)20-9-16(24)3-5-25-6-4-16/h1-2,7-8,20,24H,3-6,9H2. The van der Waals surface area contributed by atoms with Crippen LogP contribution in [0.2, 0.25) is 15.1 Å². The Kier molecular flexibility index (Phi) is 5.55. The largest absolute Gasteiger partial charge is 0.388 e. The molecular formula is C16H16Cl3N3O3. The lowest BCUT2D eigenvalue weighted by atomic mass is 9.94. The molecule has 0 aliphatic carbocycles. The predicted octanol–water partition coefficient (Wildman–Crippen LogP) is 3.15. The van der Waals surface area contributed by atoms with E-state index >= 15 is 0 Å². The van der Waals surface area contributed by atoms with E-state index in [1.165, 1.54) is 6.20 Å². The Labute approximate surface area is 159 Å². The van der Waals surface area contributed by atoms with E-state index in [2.05, 4.69) is 10.4 Å². The summed E-state index contributed by atoms with van der Waals surface area (Å²) in [6.45, 7) is 1.44. The fourth-order valence-electron chi connectivity index (χ4n) is 2.56. The van der Waals surface area contributed by atoms with Crippen molar-refractivity contribution in [3.05, 3.63) is 49.8 Å². The minimum absolute atomic E-state index is 0.0944. The monoisotopic (exact) mass is 403 g/mol. The molecule has 3 rings (SSSR count). The van der Waals surface area contributed by atoms with Crippen molar-refractivity contribution in [2.75, 3.05) is 25.1 Å². The zero-order valence-corrected chi connectivity index (χ0v) is 15.4. The fourth-order valence-corrected chi connectivity index (χ4v) is 3.06. The highest BCUT2D eigenvalue weighted by Gasteiger charge is 2.29. The minimum Gasteiger partial charge on any atom is -0.388 e. The molecular weight excluding hydrogens is 389 g/mol. The average Bonchev–Trinajstić information content (AvgIpc) is 2.59. The maximum Gasteiger partial charge on any atom is 0.291 e. The zero-order valence-electron chi connectivity index (χ0n) is 13.1. The third-order valence-electron chi connectivity index (χ3n) is 4.11. The number of anilines is 1. The average molecular weight is 405 g/mol. The van der Waals surface area contributed by atoms with Crippen LogP contribution in [0.5, 0.6) is 0 Å². The molecule has 0 radical (unpaired) electrons. The lowest BCUT2D eigenvalue weighted by molar-refractivity contribution is -0.0543. The summed E-state index contributed by atoms with van der Waals surface area (Å²) in [6, 6.07) is 4.99. The molecule has 1 aliphatic rings. The predicted molar refractivity (Wildman–Crippen MR) is 98.4 cm³/mol. The second-order valence-corrected chi connectivity index (χ2v) is 7.07. The Morgan fingerprint density at radius 2 is 1.96 bits per heavy atom. The van der Waals surface area contributed by atoms with Crippen LogP contribution in [-0.4, -0.2) is 40.2 Å². The summed E-state index contributed by atoms with van der Waals surface area (Å²) >= 11 is 17.9. The molecule has 134 valence electrons. The van der Waals surface area contributed by atoms with Gasteiger partial charge in [0.1, 0.15) is 5.02 Å². The molecule has 0 saturated carbocycles. The number of nitrogens with one attached hydrogen (secondary N) is 1. The minimum atomic E-state index is -0.817. The first-order valence-corrected chi connectivity index (χ1v) is 8.80. The molecule has 9 heteroatoms. The van der Waals surface area contributed by atoms with Crippen molar-refractivity contribution < 1.29 is 9.84 Å². The van der Waals surface area contributed by atoms with Crippen LogP contribution in [0.25, 0.3) is 5.69 Å². The molecule has 1 aromatic heterocycles. The van der Waals surface area contributed by atoms with Crippen LogP contribution in [0.4, 0.5) is 5.69 Å². The van der Waals surface area contributed by atoms with E-state index in [1.807, 2.05) is 0 Å². The Morgan fingerprint density at radius 1 is 1.24 bits per heavy atom. The van der Waals surface area contributed by atoms with Gasteiger partial charge in [0, 0.05) is 32.6 Å². The van der Waals surface area contributed by atoms with Gasteiger partial charge in [-0.2, -0.15) is 9.78 Å². The van der Waals surface area contributed by atoms with Gasteiger partial charge in [-0.05, 0) is 18.2 Å². The van der Waals surface area contributed by atoms with Crippen LogP contribution < -0.4 is 10.9 Å². The Hall–Kier alpha value is -1.31. The molecule has 0 bridgehead atoms. The van der Waals surface area contributed by atoms with Gasteiger partial charge >= 0.3 is 0 Å². The van der Waals surface area contributed by atoms with Crippen LogP contribution in [0.1, 0.15) is 12.8 Å². The zero-order chi connectivity index (χ0) is 18.0. The Bertz CT molecular complexity index is 835. The normalized spacial score (nSPS) is 16.6. The van der Waals surface area contributed by atoms with Crippen LogP contribution in [0.3, 0.4) is 0 Å². The van der Waals surface area contributed by atoms with Crippen molar-refractivity contribution in [2.24, 2.45) is 0 Å². The molecule has 0 amide bonds. The van der Waals surface area contributed by atoms with Crippen LogP contribution in [0.15, 0.2) is 29.2 Å². The van der Waals surface area contributed by atoms with Gasteiger partial charge in [-0.3, -0.25) is 4.79 Å². The van der Waals surface area contributed by atoms with E-state index in [1.54, 1.807) is 18.2 Å². The van der Waals surface area contributed by atoms with Crippen LogP contribution >= 0.6 is 34.8 Å². The number of aliphatic hydroxyl groups is 1. The first-order valence-electron chi connectivity index (χ1n) is 7.67. The third-order valence-corrected chi connectivity index (χ3v) is 5.17. The molecule has 2 heterocycles. The summed E-state index contributed by atoms with van der Waals surface area (Å²) in [5.41, 5.74) is -0.229. The van der Waals surface area contributed by atoms with Gasteiger partial charge in [0.2, 0.25) is 0 Å². The maximum atomic E-state index is 12.1. The molecule has 2 aromatic rings. The summed E-state index contributed by atoms with van der Waals surface area (Å²) in [5, 5.41) is 18.0. The topological polar surface area (TPSA) is 76.4 Å². The van der Waals surface area contributed by atoms with Gasteiger partial charge in [0.05, 0.1) is 33.2 Å². The maximum absolute atomic E-state index is 12.1. The highest BCUT2D eigenvalue weighted by Crippen LogP contribution is 2.27. The number of benzene rings is 1. The van der Waals surface area contributed by atoms with Crippen molar-refractivity contribution in [2.45, 2.75) is 18.4 Å². The quantitative estimate of drug-likeness (QED) is 0.819. The molecule has 0 spiro atoms. The number of aromatic nitrogens is 2. The molecule has 1 saturated heterocycles. The molecule has 1 fully saturated rings. The molecule has 6 nitrogen and oxygen atoms in total. The molecule has 1 aliphatic heterocycles. The molecule has 25 heavy (non-hydrogen) atoms. The van der Waals surface area contributed by atoms with E-state index < -0.39 is 11.2 Å². The SMILES string of the molecule is O=c1c(Cl)c(Cl)cnn1-c1ccc(NCC2(O)CCOCC2)c(Cl)c1. The van der Waals surface area contributed by atoms with Crippen molar-refractivity contribution in [1.82, 2.24) is 9.78 Å². The molecule has 1 aromatic carbocycles. The summed E-state index contributed by atoms with van der Waals surface area (Å²) < 4.78 is 6.38. The van der Waals surface area contributed by atoms with E-state index in [-0.39, 0.29) is 10.0 Å². The Balaban J connectivity index is 1.79. The van der Waals surface area contributed by atoms with Crippen molar-refractivity contribution in [3.63, 3.8) is 0 Å². The van der Waals surface area contributed by atoms with Crippen LogP contribution in [-0.2, 0) is 4.74 Å². The lowest BCUT2D eigenvalue weighted by Crippen LogP contribution is -2.42. The summed E-state index contributed by atoms with van der Waals surface area (Å²) in [6.07, 6.45) is 2.43. The number of hydrogen-bond donors (Lipinski definition) is 2. The van der Waals surface area contributed by atoms with Crippen LogP contribution in [0, 0.1) is 0 Å². The number of ether oxygens (including phenoxy) is 1. The van der Waals surface area contributed by atoms with E-state index in [0.717, 1.165) is 4.68 Å². The second kappa shape index (κ2) is 7.51. The van der Waals surface area contributed by atoms with Crippen molar-refractivity contribution in [1.29, 1.82) is 0 Å². The van der Waals surface area contributed by atoms with E-state index in [9.17, 15) is 9.90 Å². The van der Waals surface area contributed by atoms with E-state index in [4.69, 9.17) is 39.5 Å². The second-order valence-electron chi connectivity index (χ2n) is 5.88. The van der Waals surface area contributed by atoms with Gasteiger partial charge in [0.25, 0.3) is 5.56 Å². The first kappa shape index (κ1) is 18.5. The Morgan fingerprint density at radius 3 is 2.64 bits per heavy atom. The van der Waals surface area contributed by atoms with E-state index in [0.29, 0.717) is 49.0 Å². The summed E-state index contributed by atoms with van der Waals surface area (Å²) in [7, 11) is 0. The number of hydrogen-bond acceptors (Lipinski definition) is 5. The summed E-state index contributed by atoms with van der Waals surface area (Å²) in [5.74, 6) is 0. The van der Waals surface area contributed by atoms with Gasteiger partial charge in [-0.1, -0.05) is 34.8 Å². The molecule has 2 N–H and O–H groups in total.